The summed E-state index contributed by atoms with van der Waals surface area (Å²) in [6.45, 7) is 1.66. The van der Waals surface area contributed by atoms with Gasteiger partial charge in [0.25, 0.3) is 0 Å². The Kier molecular flexibility index (Phi) is 4.60. The van der Waals surface area contributed by atoms with Crippen molar-refractivity contribution in [2.24, 2.45) is 0 Å². The molecular weight excluding hydrogens is 273 g/mol. The Balaban J connectivity index is 2.13. The van der Waals surface area contributed by atoms with Crippen molar-refractivity contribution >= 4 is 11.9 Å². The highest BCUT2D eigenvalue weighted by atomic mass is 19.1. The Hall–Kier alpha value is -1.91. The molecule has 114 valence electrons. The molecule has 0 saturated heterocycles. The van der Waals surface area contributed by atoms with Crippen LogP contribution in [0.4, 0.5) is 4.39 Å². The Morgan fingerprint density at radius 1 is 1.29 bits per heavy atom. The zero-order valence-electron chi connectivity index (χ0n) is 12.1. The molecule has 0 aromatic heterocycles. The van der Waals surface area contributed by atoms with Crippen LogP contribution in [0.2, 0.25) is 0 Å². The van der Waals surface area contributed by atoms with Gasteiger partial charge in [0.05, 0.1) is 5.92 Å². The van der Waals surface area contributed by atoms with E-state index in [9.17, 15) is 19.1 Å². The molecule has 0 heterocycles. The highest BCUT2D eigenvalue weighted by molar-refractivity contribution is 5.90. The van der Waals surface area contributed by atoms with E-state index in [1.807, 2.05) is 0 Å². The maximum absolute atomic E-state index is 13.2. The third-order valence-electron chi connectivity index (χ3n) is 4.22. The van der Waals surface area contributed by atoms with Gasteiger partial charge in [0, 0.05) is 0 Å². The van der Waals surface area contributed by atoms with Gasteiger partial charge in [-0.05, 0) is 37.5 Å². The Bertz CT molecular complexity index is 538. The van der Waals surface area contributed by atoms with Gasteiger partial charge in [-0.25, -0.2) is 9.18 Å². The quantitative estimate of drug-likeness (QED) is 0.897. The summed E-state index contributed by atoms with van der Waals surface area (Å²) < 4.78 is 13.2. The molecule has 4 nitrogen and oxygen atoms in total. The van der Waals surface area contributed by atoms with Crippen LogP contribution in [0.5, 0.6) is 0 Å². The molecule has 1 saturated carbocycles. The van der Waals surface area contributed by atoms with Crippen LogP contribution in [0, 0.1) is 5.82 Å². The van der Waals surface area contributed by atoms with E-state index in [0.29, 0.717) is 18.4 Å². The van der Waals surface area contributed by atoms with Gasteiger partial charge >= 0.3 is 5.97 Å². The predicted molar refractivity (Wildman–Crippen MR) is 76.4 cm³/mol. The number of benzene rings is 1. The third-order valence-corrected chi connectivity index (χ3v) is 4.22. The van der Waals surface area contributed by atoms with E-state index in [2.05, 4.69) is 5.32 Å². The number of amides is 1. The minimum Gasteiger partial charge on any atom is -0.480 e. The van der Waals surface area contributed by atoms with Crippen LogP contribution in [-0.4, -0.2) is 22.5 Å². The van der Waals surface area contributed by atoms with Gasteiger partial charge in [0.2, 0.25) is 5.91 Å². The van der Waals surface area contributed by atoms with E-state index in [4.69, 9.17) is 0 Å². The molecule has 1 aliphatic carbocycles. The number of carboxylic acids is 1. The van der Waals surface area contributed by atoms with Crippen molar-refractivity contribution < 1.29 is 19.1 Å². The first-order chi connectivity index (χ1) is 9.94. The molecule has 1 unspecified atom stereocenters. The molecule has 0 aliphatic heterocycles. The second-order valence-corrected chi connectivity index (χ2v) is 5.71. The molecule has 1 aromatic carbocycles. The molecule has 1 atom stereocenters. The smallest absolute Gasteiger partial charge is 0.329 e. The van der Waals surface area contributed by atoms with Crippen LogP contribution in [0.3, 0.4) is 0 Å². The molecular formula is C16H20FNO3. The summed E-state index contributed by atoms with van der Waals surface area (Å²) in [7, 11) is 0. The number of carboxylic acid groups (broad SMARTS) is 1. The minimum absolute atomic E-state index is 0.370. The summed E-state index contributed by atoms with van der Waals surface area (Å²) in [5.41, 5.74) is -0.624. The van der Waals surface area contributed by atoms with Crippen LogP contribution in [0.1, 0.15) is 50.5 Å². The first-order valence-corrected chi connectivity index (χ1v) is 7.25. The molecule has 0 bridgehead atoms. The third kappa shape index (κ3) is 3.40. The lowest BCUT2D eigenvalue weighted by atomic mass is 9.81. The van der Waals surface area contributed by atoms with Crippen molar-refractivity contribution in [2.75, 3.05) is 0 Å². The fraction of sp³-hybridized carbons (Fsp3) is 0.500. The van der Waals surface area contributed by atoms with E-state index < -0.39 is 23.2 Å². The Morgan fingerprint density at radius 3 is 2.52 bits per heavy atom. The van der Waals surface area contributed by atoms with Crippen molar-refractivity contribution in [2.45, 2.75) is 50.5 Å². The number of rotatable bonds is 4. The topological polar surface area (TPSA) is 66.4 Å². The van der Waals surface area contributed by atoms with Crippen molar-refractivity contribution in [1.29, 1.82) is 0 Å². The zero-order chi connectivity index (χ0) is 15.5. The molecule has 1 aromatic rings. The summed E-state index contributed by atoms with van der Waals surface area (Å²) in [5.74, 6) is -2.34. The highest BCUT2D eigenvalue weighted by Crippen LogP contribution is 2.29. The first-order valence-electron chi connectivity index (χ1n) is 7.25. The molecule has 1 aliphatic rings. The summed E-state index contributed by atoms with van der Waals surface area (Å²) in [6, 6.07) is 5.83. The van der Waals surface area contributed by atoms with E-state index in [1.165, 1.54) is 12.1 Å². The van der Waals surface area contributed by atoms with Gasteiger partial charge in [0.1, 0.15) is 11.4 Å². The fourth-order valence-corrected chi connectivity index (χ4v) is 2.82. The maximum Gasteiger partial charge on any atom is 0.329 e. The first kappa shape index (κ1) is 15.5. The summed E-state index contributed by atoms with van der Waals surface area (Å²) in [6.07, 6.45) is 3.47. The summed E-state index contributed by atoms with van der Waals surface area (Å²) >= 11 is 0. The number of nitrogens with one attached hydrogen (secondary N) is 1. The van der Waals surface area contributed by atoms with Crippen LogP contribution in [-0.2, 0) is 9.59 Å². The maximum atomic E-state index is 13.2. The Morgan fingerprint density at radius 2 is 1.95 bits per heavy atom. The number of carbonyl (C=O) groups is 2. The summed E-state index contributed by atoms with van der Waals surface area (Å²) in [5, 5.41) is 12.1. The van der Waals surface area contributed by atoms with Crippen molar-refractivity contribution in [3.8, 4) is 0 Å². The lowest BCUT2D eigenvalue weighted by Gasteiger charge is -2.34. The number of halogens is 1. The minimum atomic E-state index is -1.17. The van der Waals surface area contributed by atoms with E-state index in [-0.39, 0.29) is 5.91 Å². The fourth-order valence-electron chi connectivity index (χ4n) is 2.82. The normalized spacial score (nSPS) is 18.8. The largest absolute Gasteiger partial charge is 0.480 e. The van der Waals surface area contributed by atoms with Crippen molar-refractivity contribution in [3.05, 3.63) is 35.6 Å². The second kappa shape index (κ2) is 6.24. The lowest BCUT2D eigenvalue weighted by Crippen LogP contribution is -2.56. The van der Waals surface area contributed by atoms with Gasteiger partial charge in [-0.3, -0.25) is 4.79 Å². The average Bonchev–Trinajstić information content (AvgIpc) is 2.47. The van der Waals surface area contributed by atoms with Crippen LogP contribution in [0.25, 0.3) is 0 Å². The molecule has 2 rings (SSSR count). The standard InChI is InChI=1S/C16H20FNO3/c1-11(12-6-5-7-13(17)10-12)14(19)18-16(15(20)21)8-3-2-4-9-16/h5-7,10-11H,2-4,8-9H2,1H3,(H,18,19)(H,20,21). The molecule has 5 heteroatoms. The van der Waals surface area contributed by atoms with Gasteiger partial charge in [-0.15, -0.1) is 0 Å². The van der Waals surface area contributed by atoms with Crippen molar-refractivity contribution in [1.82, 2.24) is 5.32 Å². The predicted octanol–water partition coefficient (Wildman–Crippen LogP) is 2.83. The van der Waals surface area contributed by atoms with Crippen LogP contribution < -0.4 is 5.32 Å². The molecule has 2 N–H and O–H groups in total. The molecule has 1 amide bonds. The highest BCUT2D eigenvalue weighted by Gasteiger charge is 2.41. The second-order valence-electron chi connectivity index (χ2n) is 5.71. The lowest BCUT2D eigenvalue weighted by molar-refractivity contribution is -0.149. The number of carbonyl (C=O) groups excluding carboxylic acids is 1. The SMILES string of the molecule is CC(C(=O)NC1(C(=O)O)CCCCC1)c1cccc(F)c1. The van der Waals surface area contributed by atoms with E-state index in [0.717, 1.165) is 19.3 Å². The van der Waals surface area contributed by atoms with Crippen LogP contribution in [0.15, 0.2) is 24.3 Å². The van der Waals surface area contributed by atoms with E-state index >= 15 is 0 Å². The summed E-state index contributed by atoms with van der Waals surface area (Å²) in [4.78, 5) is 23.9. The number of hydrogen-bond donors (Lipinski definition) is 2. The number of aliphatic carboxylic acids is 1. The molecule has 0 spiro atoms. The van der Waals surface area contributed by atoms with E-state index in [1.54, 1.807) is 19.1 Å². The molecule has 21 heavy (non-hydrogen) atoms. The molecule has 1 fully saturated rings. The van der Waals surface area contributed by atoms with Gasteiger partial charge in [-0.1, -0.05) is 31.4 Å². The zero-order valence-corrected chi connectivity index (χ0v) is 12.1. The van der Waals surface area contributed by atoms with Gasteiger partial charge in [0.15, 0.2) is 0 Å². The van der Waals surface area contributed by atoms with Crippen LogP contribution >= 0.6 is 0 Å². The van der Waals surface area contributed by atoms with Gasteiger partial charge < -0.3 is 10.4 Å². The van der Waals surface area contributed by atoms with Gasteiger partial charge in [-0.2, -0.15) is 0 Å². The monoisotopic (exact) mass is 293 g/mol. The number of hydrogen-bond acceptors (Lipinski definition) is 2. The molecule has 0 radical (unpaired) electrons. The average molecular weight is 293 g/mol. The van der Waals surface area contributed by atoms with Crippen molar-refractivity contribution in [3.63, 3.8) is 0 Å². The Labute approximate surface area is 123 Å².